The van der Waals surface area contributed by atoms with E-state index >= 15 is 0 Å². The van der Waals surface area contributed by atoms with Gasteiger partial charge in [-0.1, -0.05) is 0 Å². The number of ketones is 1. The molecule has 0 saturated heterocycles. The van der Waals surface area contributed by atoms with Crippen molar-refractivity contribution < 1.29 is 14.4 Å². The highest BCUT2D eigenvalue weighted by molar-refractivity contribution is 6.17. The molecular weight excluding hydrogens is 244 g/mol. The van der Waals surface area contributed by atoms with Gasteiger partial charge in [0, 0.05) is 38.2 Å². The quantitative estimate of drug-likeness (QED) is 0.472. The van der Waals surface area contributed by atoms with Gasteiger partial charge in [0.15, 0.2) is 0 Å². The van der Waals surface area contributed by atoms with E-state index in [1.807, 2.05) is 0 Å². The number of carbonyl (C=O) groups is 3. The Kier molecular flexibility index (Phi) is 9.43. The first-order chi connectivity index (χ1) is 8.06. The zero-order chi connectivity index (χ0) is 13.1. The van der Waals surface area contributed by atoms with Crippen molar-refractivity contribution in [3.63, 3.8) is 0 Å². The summed E-state index contributed by atoms with van der Waals surface area (Å²) < 4.78 is 0. The standard InChI is InChI=1S/C11H19ClN2O3/c1-9(15)4-5-11(17)14-8-7-13-10(16)3-2-6-12/h2-8H2,1H3,(H,13,16)(H,14,17). The Morgan fingerprint density at radius 2 is 1.47 bits per heavy atom. The highest BCUT2D eigenvalue weighted by atomic mass is 35.5. The molecule has 0 aromatic rings. The minimum absolute atomic E-state index is 0.00507. The van der Waals surface area contributed by atoms with Crippen molar-refractivity contribution in [2.45, 2.75) is 32.6 Å². The second-order valence-corrected chi connectivity index (χ2v) is 4.07. The molecule has 0 bridgehead atoms. The molecule has 0 aliphatic heterocycles. The Morgan fingerprint density at radius 3 is 1.94 bits per heavy atom. The lowest BCUT2D eigenvalue weighted by Crippen LogP contribution is -2.34. The minimum Gasteiger partial charge on any atom is -0.354 e. The third kappa shape index (κ3) is 11.2. The van der Waals surface area contributed by atoms with Crippen molar-refractivity contribution in [2.24, 2.45) is 0 Å². The molecule has 0 atom stereocenters. The Morgan fingerprint density at radius 1 is 0.941 bits per heavy atom. The van der Waals surface area contributed by atoms with Crippen LogP contribution in [0.3, 0.4) is 0 Å². The van der Waals surface area contributed by atoms with E-state index in [0.717, 1.165) is 0 Å². The first-order valence-corrected chi connectivity index (χ1v) is 6.18. The van der Waals surface area contributed by atoms with Crippen molar-refractivity contribution in [1.82, 2.24) is 10.6 Å². The fraction of sp³-hybridized carbons (Fsp3) is 0.727. The molecule has 2 amide bonds. The molecule has 17 heavy (non-hydrogen) atoms. The average molecular weight is 263 g/mol. The van der Waals surface area contributed by atoms with Gasteiger partial charge >= 0.3 is 0 Å². The van der Waals surface area contributed by atoms with E-state index in [4.69, 9.17) is 11.6 Å². The van der Waals surface area contributed by atoms with Crippen LogP contribution in [0.25, 0.3) is 0 Å². The maximum atomic E-state index is 11.2. The van der Waals surface area contributed by atoms with Crippen LogP contribution in [-0.2, 0) is 14.4 Å². The zero-order valence-corrected chi connectivity index (χ0v) is 10.8. The molecule has 0 rings (SSSR count). The lowest BCUT2D eigenvalue weighted by molar-refractivity contribution is -0.124. The third-order valence-corrected chi connectivity index (χ3v) is 2.28. The number of nitrogens with one attached hydrogen (secondary N) is 2. The van der Waals surface area contributed by atoms with Crippen LogP contribution in [0, 0.1) is 0 Å². The van der Waals surface area contributed by atoms with Gasteiger partial charge < -0.3 is 15.4 Å². The van der Waals surface area contributed by atoms with Gasteiger partial charge in [-0.15, -0.1) is 11.6 Å². The zero-order valence-electron chi connectivity index (χ0n) is 10.1. The summed E-state index contributed by atoms with van der Waals surface area (Å²) in [5.41, 5.74) is 0. The summed E-state index contributed by atoms with van der Waals surface area (Å²) in [5, 5.41) is 5.28. The number of alkyl halides is 1. The van der Waals surface area contributed by atoms with Crippen LogP contribution >= 0.6 is 11.6 Å². The topological polar surface area (TPSA) is 75.3 Å². The summed E-state index contributed by atoms with van der Waals surface area (Å²) >= 11 is 5.44. The van der Waals surface area contributed by atoms with Crippen LogP contribution in [0.15, 0.2) is 0 Å². The lowest BCUT2D eigenvalue weighted by Gasteiger charge is -2.06. The molecule has 5 nitrogen and oxygen atoms in total. The van der Waals surface area contributed by atoms with E-state index in [-0.39, 0.29) is 30.4 Å². The molecule has 98 valence electrons. The highest BCUT2D eigenvalue weighted by Gasteiger charge is 2.03. The van der Waals surface area contributed by atoms with E-state index < -0.39 is 0 Å². The molecule has 0 unspecified atom stereocenters. The first-order valence-electron chi connectivity index (χ1n) is 5.65. The predicted molar refractivity (Wildman–Crippen MR) is 65.9 cm³/mol. The number of rotatable bonds is 9. The maximum Gasteiger partial charge on any atom is 0.220 e. The predicted octanol–water partition coefficient (Wildman–Crippen LogP) is 0.607. The van der Waals surface area contributed by atoms with Gasteiger partial charge in [-0.25, -0.2) is 0 Å². The van der Waals surface area contributed by atoms with Gasteiger partial charge in [-0.2, -0.15) is 0 Å². The van der Waals surface area contributed by atoms with Crippen LogP contribution in [0.1, 0.15) is 32.6 Å². The molecule has 0 aromatic heterocycles. The molecule has 0 aromatic carbocycles. The number of amides is 2. The van der Waals surface area contributed by atoms with Crippen molar-refractivity contribution in [2.75, 3.05) is 19.0 Å². The second kappa shape index (κ2) is 10.1. The van der Waals surface area contributed by atoms with E-state index in [2.05, 4.69) is 10.6 Å². The van der Waals surface area contributed by atoms with Crippen molar-refractivity contribution in [3.05, 3.63) is 0 Å². The summed E-state index contributed by atoms with van der Waals surface area (Å²) in [6.07, 6.45) is 1.52. The highest BCUT2D eigenvalue weighted by Crippen LogP contribution is 1.91. The smallest absolute Gasteiger partial charge is 0.220 e. The van der Waals surface area contributed by atoms with Crippen LogP contribution < -0.4 is 10.6 Å². The van der Waals surface area contributed by atoms with E-state index in [1.54, 1.807) is 0 Å². The van der Waals surface area contributed by atoms with E-state index in [0.29, 0.717) is 31.8 Å². The lowest BCUT2D eigenvalue weighted by atomic mass is 10.2. The van der Waals surface area contributed by atoms with Gasteiger partial charge in [0.2, 0.25) is 11.8 Å². The summed E-state index contributed by atoms with van der Waals surface area (Å²) in [4.78, 5) is 32.9. The number of hydrogen-bond acceptors (Lipinski definition) is 3. The Balaban J connectivity index is 3.41. The molecule has 0 saturated carbocycles. The van der Waals surface area contributed by atoms with Gasteiger partial charge in [0.1, 0.15) is 5.78 Å². The van der Waals surface area contributed by atoms with Crippen LogP contribution in [0.5, 0.6) is 0 Å². The van der Waals surface area contributed by atoms with Gasteiger partial charge in [-0.3, -0.25) is 9.59 Å². The number of Topliss-reactive ketones (excluding diaryl/α,β-unsaturated/α-hetero) is 1. The summed E-state index contributed by atoms with van der Waals surface area (Å²) in [7, 11) is 0. The van der Waals surface area contributed by atoms with E-state index in [1.165, 1.54) is 6.92 Å². The van der Waals surface area contributed by atoms with Gasteiger partial charge in [-0.05, 0) is 13.3 Å². The van der Waals surface area contributed by atoms with Gasteiger partial charge in [0.05, 0.1) is 0 Å². The fourth-order valence-corrected chi connectivity index (χ4v) is 1.23. The monoisotopic (exact) mass is 262 g/mol. The number of carbonyl (C=O) groups excluding carboxylic acids is 3. The Bertz CT molecular complexity index is 269. The van der Waals surface area contributed by atoms with E-state index in [9.17, 15) is 14.4 Å². The van der Waals surface area contributed by atoms with Crippen molar-refractivity contribution in [3.8, 4) is 0 Å². The molecule has 0 radical (unpaired) electrons. The summed E-state index contributed by atoms with van der Waals surface area (Å²) in [6, 6.07) is 0. The molecule has 2 N–H and O–H groups in total. The number of halogens is 1. The minimum atomic E-state index is -0.171. The molecule has 6 heteroatoms. The molecule has 0 aliphatic carbocycles. The summed E-state index contributed by atoms with van der Waals surface area (Å²) in [5.74, 6) is 0.225. The largest absolute Gasteiger partial charge is 0.354 e. The number of hydrogen-bond donors (Lipinski definition) is 2. The van der Waals surface area contributed by atoms with Crippen LogP contribution in [0.4, 0.5) is 0 Å². The van der Waals surface area contributed by atoms with Crippen molar-refractivity contribution in [1.29, 1.82) is 0 Å². The first kappa shape index (κ1) is 15.9. The molecule has 0 spiro atoms. The van der Waals surface area contributed by atoms with Gasteiger partial charge in [0.25, 0.3) is 0 Å². The Labute approximate surface area is 106 Å². The summed E-state index contributed by atoms with van der Waals surface area (Å²) in [6.45, 7) is 2.22. The van der Waals surface area contributed by atoms with Crippen LogP contribution in [0.2, 0.25) is 0 Å². The molecule has 0 heterocycles. The van der Waals surface area contributed by atoms with Crippen molar-refractivity contribution >= 4 is 29.2 Å². The Hall–Kier alpha value is -1.10. The fourth-order valence-electron chi connectivity index (χ4n) is 1.10. The average Bonchev–Trinajstić information content (AvgIpc) is 2.29. The molecule has 0 fully saturated rings. The normalized spacial score (nSPS) is 9.76. The second-order valence-electron chi connectivity index (χ2n) is 3.69. The SMILES string of the molecule is CC(=O)CCC(=O)NCCNC(=O)CCCCl. The maximum absolute atomic E-state index is 11.2. The molecule has 0 aliphatic rings. The molecular formula is C11H19ClN2O3. The third-order valence-electron chi connectivity index (χ3n) is 2.01. The van der Waals surface area contributed by atoms with Crippen LogP contribution in [-0.4, -0.2) is 36.6 Å².